The van der Waals surface area contributed by atoms with Crippen LogP contribution in [0.2, 0.25) is 0 Å². The predicted molar refractivity (Wildman–Crippen MR) is 202 cm³/mol. The number of nitrogens with zero attached hydrogens (tertiary/aromatic N) is 3. The van der Waals surface area contributed by atoms with Crippen LogP contribution in [0.3, 0.4) is 0 Å². The number of halogens is 1. The van der Waals surface area contributed by atoms with Crippen LogP contribution >= 0.6 is 0 Å². The molecule has 0 radical (unpaired) electrons. The van der Waals surface area contributed by atoms with E-state index in [1.54, 1.807) is 14.7 Å². The van der Waals surface area contributed by atoms with E-state index in [2.05, 4.69) is 0 Å². The molecule has 1 fully saturated rings. The molecule has 1 spiro atoms. The van der Waals surface area contributed by atoms with Crippen molar-refractivity contribution in [3.05, 3.63) is 138 Å². The number of benzene rings is 5. The topological polar surface area (TPSA) is 90.4 Å². The first-order valence-corrected chi connectivity index (χ1v) is 18.2. The molecule has 0 aromatic heterocycles. The molecule has 3 aliphatic heterocycles. The van der Waals surface area contributed by atoms with Crippen LogP contribution in [0.4, 0.5) is 21.5 Å². The molecule has 0 saturated carbocycles. The van der Waals surface area contributed by atoms with Crippen LogP contribution in [0.5, 0.6) is 0 Å². The fourth-order valence-electron chi connectivity index (χ4n) is 9.02. The Morgan fingerprint density at radius 1 is 0.887 bits per heavy atom. The number of hydrogen-bond donors (Lipinski definition) is 1. The Morgan fingerprint density at radius 3 is 2.32 bits per heavy atom. The SMILES string of the molecule is C[C@H]1[C@H](C(C)(C)F)[C@@H](CC(=O)N(CCO)Cc2ccccc2)O[C@]12C(=O)N(Cc1cccc(N3C(=O)c4cccc5cccc3c45)c1)c1ccccc12. The summed E-state index contributed by atoms with van der Waals surface area (Å²) in [7, 11) is 0. The zero-order valence-electron chi connectivity index (χ0n) is 30.0. The van der Waals surface area contributed by atoms with Crippen molar-refractivity contribution in [2.45, 2.75) is 57.7 Å². The lowest BCUT2D eigenvalue weighted by Crippen LogP contribution is -2.45. The number of anilines is 3. The Balaban J connectivity index is 1.10. The van der Waals surface area contributed by atoms with Gasteiger partial charge in [-0.1, -0.05) is 91.9 Å². The molecule has 53 heavy (non-hydrogen) atoms. The summed E-state index contributed by atoms with van der Waals surface area (Å²) in [6, 6.07) is 36.2. The molecule has 3 aliphatic rings. The van der Waals surface area contributed by atoms with Gasteiger partial charge in [-0.2, -0.15) is 0 Å². The van der Waals surface area contributed by atoms with Crippen LogP contribution in [0.15, 0.2) is 115 Å². The minimum atomic E-state index is -1.78. The highest BCUT2D eigenvalue weighted by atomic mass is 19.1. The minimum absolute atomic E-state index is 0.106. The van der Waals surface area contributed by atoms with E-state index in [4.69, 9.17) is 4.74 Å². The average Bonchev–Trinajstić information content (AvgIpc) is 3.70. The number of para-hydroxylation sites is 1. The quantitative estimate of drug-likeness (QED) is 0.161. The molecule has 8 rings (SSSR count). The zero-order valence-corrected chi connectivity index (χ0v) is 30.0. The van der Waals surface area contributed by atoms with Gasteiger partial charge in [0, 0.05) is 41.6 Å². The Bertz CT molecular complexity index is 2230. The molecule has 0 unspecified atom stereocenters. The Hall–Kier alpha value is -5.38. The van der Waals surface area contributed by atoms with E-state index in [1.165, 1.54) is 13.8 Å². The number of carbonyl (C=O) groups excluding carboxylic acids is 3. The summed E-state index contributed by atoms with van der Waals surface area (Å²) < 4.78 is 23.1. The van der Waals surface area contributed by atoms with Gasteiger partial charge in [-0.15, -0.1) is 0 Å². The van der Waals surface area contributed by atoms with Crippen molar-refractivity contribution in [1.29, 1.82) is 0 Å². The molecule has 5 aromatic rings. The second-order valence-corrected chi connectivity index (χ2v) is 14.9. The van der Waals surface area contributed by atoms with Crippen LogP contribution < -0.4 is 9.80 Å². The second kappa shape index (κ2) is 13.2. The summed E-state index contributed by atoms with van der Waals surface area (Å²) in [5, 5.41) is 11.7. The van der Waals surface area contributed by atoms with Gasteiger partial charge in [0.2, 0.25) is 5.91 Å². The third kappa shape index (κ3) is 5.70. The highest BCUT2D eigenvalue weighted by Gasteiger charge is 2.66. The fraction of sp³-hybridized carbons (Fsp3) is 0.295. The number of aliphatic hydroxyl groups excluding tert-OH is 1. The van der Waals surface area contributed by atoms with E-state index >= 15 is 4.39 Å². The highest BCUT2D eigenvalue weighted by Crippen LogP contribution is 2.58. The zero-order chi connectivity index (χ0) is 37.1. The highest BCUT2D eigenvalue weighted by molar-refractivity contribution is 6.27. The summed E-state index contributed by atoms with van der Waals surface area (Å²) in [4.78, 5) is 47.5. The van der Waals surface area contributed by atoms with Gasteiger partial charge in [0.15, 0.2) is 5.60 Å². The third-order valence-electron chi connectivity index (χ3n) is 11.2. The summed E-state index contributed by atoms with van der Waals surface area (Å²) in [6.45, 7) is 5.18. The van der Waals surface area contributed by atoms with Gasteiger partial charge < -0.3 is 19.6 Å². The van der Waals surface area contributed by atoms with Crippen LogP contribution in [0.25, 0.3) is 10.8 Å². The van der Waals surface area contributed by atoms with Crippen molar-refractivity contribution in [3.63, 3.8) is 0 Å². The molecule has 8 nitrogen and oxygen atoms in total. The fourth-order valence-corrected chi connectivity index (χ4v) is 9.02. The number of carbonyl (C=O) groups is 3. The molecule has 3 amide bonds. The van der Waals surface area contributed by atoms with Crippen LogP contribution in [0, 0.1) is 11.8 Å². The van der Waals surface area contributed by atoms with E-state index < -0.39 is 29.2 Å². The molecule has 9 heteroatoms. The average molecular weight is 712 g/mol. The molecule has 0 aliphatic carbocycles. The number of aliphatic hydroxyl groups is 1. The van der Waals surface area contributed by atoms with Crippen molar-refractivity contribution >= 4 is 45.6 Å². The molecule has 0 bridgehead atoms. The maximum absolute atomic E-state index is 16.3. The standard InChI is InChI=1S/C44H42FN3O5/c1-28-40(43(2,3)45)37(25-38(50)46(22-23-49)26-29-12-5-4-6-13-29)53-44(28)34-19-7-8-20-35(34)47(42(44)52)27-30-14-9-17-32(24-30)48-36-21-11-16-31-15-10-18-33(39(31)36)41(48)51/h4-21,24,28,37,40,49H,22-23,25-27H2,1-3H3/t28-,37+,40-,44+/m0/s1. The van der Waals surface area contributed by atoms with E-state index in [9.17, 15) is 19.5 Å². The molecular weight excluding hydrogens is 669 g/mol. The van der Waals surface area contributed by atoms with Crippen molar-refractivity contribution in [2.24, 2.45) is 11.8 Å². The molecule has 1 N–H and O–H groups in total. The molecule has 4 atom stereocenters. The Morgan fingerprint density at radius 2 is 1.57 bits per heavy atom. The first-order chi connectivity index (χ1) is 25.5. The van der Waals surface area contributed by atoms with Crippen LogP contribution in [-0.2, 0) is 33.0 Å². The predicted octanol–water partition coefficient (Wildman–Crippen LogP) is 7.68. The summed E-state index contributed by atoms with van der Waals surface area (Å²) in [6.07, 6.45) is -1.05. The monoisotopic (exact) mass is 711 g/mol. The lowest BCUT2D eigenvalue weighted by molar-refractivity contribution is -0.150. The molecule has 5 aromatic carbocycles. The number of hydrogen-bond acceptors (Lipinski definition) is 5. The lowest BCUT2D eigenvalue weighted by Gasteiger charge is -2.32. The van der Waals surface area contributed by atoms with Crippen LogP contribution in [-0.4, -0.2) is 52.7 Å². The minimum Gasteiger partial charge on any atom is -0.395 e. The van der Waals surface area contributed by atoms with E-state index in [0.29, 0.717) is 22.5 Å². The molecule has 270 valence electrons. The van der Waals surface area contributed by atoms with Crippen molar-refractivity contribution in [2.75, 3.05) is 23.0 Å². The van der Waals surface area contributed by atoms with Crippen molar-refractivity contribution in [3.8, 4) is 0 Å². The van der Waals surface area contributed by atoms with Gasteiger partial charge in [0.1, 0.15) is 5.67 Å². The maximum atomic E-state index is 16.3. The first kappa shape index (κ1) is 34.7. The van der Waals surface area contributed by atoms with Gasteiger partial charge in [-0.25, -0.2) is 4.39 Å². The molecule has 3 heterocycles. The summed E-state index contributed by atoms with van der Waals surface area (Å²) in [5.41, 5.74) is 1.88. The Kier molecular flexibility index (Phi) is 8.66. The largest absolute Gasteiger partial charge is 0.395 e. The third-order valence-corrected chi connectivity index (χ3v) is 11.2. The van der Waals surface area contributed by atoms with Crippen molar-refractivity contribution < 1.29 is 28.6 Å². The van der Waals surface area contributed by atoms with Crippen LogP contribution in [0.1, 0.15) is 54.2 Å². The normalized spacial score (nSPS) is 21.9. The maximum Gasteiger partial charge on any atom is 0.264 e. The van der Waals surface area contributed by atoms with Gasteiger partial charge >= 0.3 is 0 Å². The van der Waals surface area contributed by atoms with Gasteiger partial charge in [-0.05, 0) is 60.7 Å². The molecule has 1 saturated heterocycles. The van der Waals surface area contributed by atoms with Gasteiger partial charge in [0.05, 0.1) is 42.6 Å². The smallest absolute Gasteiger partial charge is 0.264 e. The number of fused-ring (bicyclic) bond motifs is 2. The van der Waals surface area contributed by atoms with Gasteiger partial charge in [0.25, 0.3) is 11.8 Å². The summed E-state index contributed by atoms with van der Waals surface area (Å²) in [5.74, 6) is -2.11. The lowest BCUT2D eigenvalue weighted by atomic mass is 9.71. The number of rotatable bonds is 10. The number of ether oxygens (including phenoxy) is 1. The summed E-state index contributed by atoms with van der Waals surface area (Å²) >= 11 is 0. The number of alkyl halides is 1. The van der Waals surface area contributed by atoms with E-state index in [-0.39, 0.29) is 50.4 Å². The Labute approximate surface area is 308 Å². The molecular formula is C44H42FN3O5. The number of amides is 3. The second-order valence-electron chi connectivity index (χ2n) is 14.9. The van der Waals surface area contributed by atoms with E-state index in [0.717, 1.165) is 27.6 Å². The first-order valence-electron chi connectivity index (χ1n) is 18.2. The van der Waals surface area contributed by atoms with Crippen molar-refractivity contribution in [1.82, 2.24) is 4.90 Å². The van der Waals surface area contributed by atoms with Gasteiger partial charge in [-0.3, -0.25) is 19.3 Å². The van der Waals surface area contributed by atoms with E-state index in [1.807, 2.05) is 122 Å².